The summed E-state index contributed by atoms with van der Waals surface area (Å²) in [6, 6.07) is 2.43. The predicted octanol–water partition coefficient (Wildman–Crippen LogP) is 4.07. The van der Waals surface area contributed by atoms with E-state index in [1.165, 1.54) is 12.1 Å². The zero-order valence-corrected chi connectivity index (χ0v) is 8.59. The standard InChI is InChI=1S/C8H6BrClF2/c1-4(9)5-2-6(11)8(10)7(12)3-5/h2-4H,1H3. The molecule has 66 valence electrons. The Hall–Kier alpha value is -0.150. The van der Waals surface area contributed by atoms with E-state index in [4.69, 9.17) is 11.6 Å². The Morgan fingerprint density at radius 2 is 1.75 bits per heavy atom. The molecule has 0 aliphatic carbocycles. The van der Waals surface area contributed by atoms with Crippen LogP contribution >= 0.6 is 27.5 Å². The van der Waals surface area contributed by atoms with Gasteiger partial charge < -0.3 is 0 Å². The molecule has 0 aliphatic heterocycles. The van der Waals surface area contributed by atoms with Crippen molar-refractivity contribution in [3.63, 3.8) is 0 Å². The third kappa shape index (κ3) is 1.96. The van der Waals surface area contributed by atoms with Gasteiger partial charge in [0.15, 0.2) is 0 Å². The lowest BCUT2D eigenvalue weighted by Gasteiger charge is -2.04. The van der Waals surface area contributed by atoms with Gasteiger partial charge in [-0.1, -0.05) is 27.5 Å². The summed E-state index contributed by atoms with van der Waals surface area (Å²) in [6.07, 6.45) is 0. The second-order valence-corrected chi connectivity index (χ2v) is 4.17. The second kappa shape index (κ2) is 3.71. The number of benzene rings is 1. The van der Waals surface area contributed by atoms with E-state index < -0.39 is 16.7 Å². The highest BCUT2D eigenvalue weighted by atomic mass is 79.9. The summed E-state index contributed by atoms with van der Waals surface area (Å²) in [5.41, 5.74) is 0.536. The number of halogens is 4. The van der Waals surface area contributed by atoms with Gasteiger partial charge in [-0.15, -0.1) is 0 Å². The van der Waals surface area contributed by atoms with Crippen LogP contribution in [-0.2, 0) is 0 Å². The molecular formula is C8H6BrClF2. The van der Waals surface area contributed by atoms with Gasteiger partial charge in [0.1, 0.15) is 16.7 Å². The van der Waals surface area contributed by atoms with Gasteiger partial charge in [0, 0.05) is 4.83 Å². The molecule has 12 heavy (non-hydrogen) atoms. The molecule has 0 fully saturated rings. The maximum atomic E-state index is 12.8. The van der Waals surface area contributed by atoms with Crippen LogP contribution in [0.5, 0.6) is 0 Å². The smallest absolute Gasteiger partial charge is 0.145 e. The van der Waals surface area contributed by atoms with Crippen LogP contribution in [-0.4, -0.2) is 0 Å². The van der Waals surface area contributed by atoms with Gasteiger partial charge in [0.2, 0.25) is 0 Å². The molecule has 1 aromatic carbocycles. The minimum absolute atomic E-state index is 0.0845. The van der Waals surface area contributed by atoms with E-state index in [0.717, 1.165) is 0 Å². The molecule has 0 N–H and O–H groups in total. The summed E-state index contributed by atoms with van der Waals surface area (Å²) in [6.45, 7) is 1.78. The van der Waals surface area contributed by atoms with Crippen LogP contribution < -0.4 is 0 Å². The lowest BCUT2D eigenvalue weighted by molar-refractivity contribution is 0.581. The second-order valence-electron chi connectivity index (χ2n) is 2.41. The van der Waals surface area contributed by atoms with Crippen molar-refractivity contribution < 1.29 is 8.78 Å². The number of alkyl halides is 1. The van der Waals surface area contributed by atoms with Crippen molar-refractivity contribution in [1.29, 1.82) is 0 Å². The van der Waals surface area contributed by atoms with Gasteiger partial charge in [-0.25, -0.2) is 8.78 Å². The van der Waals surface area contributed by atoms with Crippen molar-refractivity contribution in [2.24, 2.45) is 0 Å². The average Bonchev–Trinajstić information content (AvgIpc) is 1.99. The summed E-state index contributed by atoms with van der Waals surface area (Å²) in [5.74, 6) is -1.45. The Balaban J connectivity index is 3.21. The molecule has 1 unspecified atom stereocenters. The Morgan fingerprint density at radius 3 is 2.08 bits per heavy atom. The molecule has 1 atom stereocenters. The normalized spacial score (nSPS) is 13.1. The van der Waals surface area contributed by atoms with E-state index >= 15 is 0 Å². The molecule has 0 bridgehead atoms. The fourth-order valence-corrected chi connectivity index (χ4v) is 1.18. The molecule has 0 aromatic heterocycles. The van der Waals surface area contributed by atoms with Gasteiger partial charge in [0.05, 0.1) is 0 Å². The van der Waals surface area contributed by atoms with E-state index in [0.29, 0.717) is 5.56 Å². The maximum Gasteiger partial charge on any atom is 0.145 e. The summed E-state index contributed by atoms with van der Waals surface area (Å²) < 4.78 is 25.6. The van der Waals surface area contributed by atoms with Crippen molar-refractivity contribution in [3.05, 3.63) is 34.4 Å². The van der Waals surface area contributed by atoms with E-state index in [1.54, 1.807) is 6.92 Å². The quantitative estimate of drug-likeness (QED) is 0.524. The van der Waals surface area contributed by atoms with Crippen molar-refractivity contribution in [1.82, 2.24) is 0 Å². The van der Waals surface area contributed by atoms with Crippen LogP contribution in [0.15, 0.2) is 12.1 Å². The number of rotatable bonds is 1. The lowest BCUT2D eigenvalue weighted by atomic mass is 10.1. The number of hydrogen-bond acceptors (Lipinski definition) is 0. The van der Waals surface area contributed by atoms with E-state index in [1.807, 2.05) is 0 Å². The van der Waals surface area contributed by atoms with Gasteiger partial charge in [-0.05, 0) is 24.6 Å². The molecule has 1 rings (SSSR count). The molecule has 0 aliphatic rings. The molecule has 0 saturated carbocycles. The van der Waals surface area contributed by atoms with Gasteiger partial charge in [-0.3, -0.25) is 0 Å². The highest BCUT2D eigenvalue weighted by Crippen LogP contribution is 2.27. The zero-order chi connectivity index (χ0) is 9.30. The van der Waals surface area contributed by atoms with Crippen molar-refractivity contribution >= 4 is 27.5 Å². The largest absolute Gasteiger partial charge is 0.205 e. The average molecular weight is 255 g/mol. The third-order valence-electron chi connectivity index (χ3n) is 1.47. The molecule has 0 spiro atoms. The van der Waals surface area contributed by atoms with Crippen LogP contribution in [0, 0.1) is 11.6 Å². The van der Waals surface area contributed by atoms with E-state index in [2.05, 4.69) is 15.9 Å². The minimum atomic E-state index is -0.724. The van der Waals surface area contributed by atoms with Crippen molar-refractivity contribution in [3.8, 4) is 0 Å². The number of hydrogen-bond donors (Lipinski definition) is 0. The maximum absolute atomic E-state index is 12.8. The lowest BCUT2D eigenvalue weighted by Crippen LogP contribution is -1.90. The van der Waals surface area contributed by atoms with Gasteiger partial charge >= 0.3 is 0 Å². The first-order valence-corrected chi connectivity index (χ1v) is 4.60. The van der Waals surface area contributed by atoms with Crippen LogP contribution in [0.1, 0.15) is 17.3 Å². The highest BCUT2D eigenvalue weighted by Gasteiger charge is 2.10. The van der Waals surface area contributed by atoms with E-state index in [9.17, 15) is 8.78 Å². The first-order chi connectivity index (χ1) is 5.52. The summed E-state index contributed by atoms with van der Waals surface area (Å²) in [4.78, 5) is -0.0845. The molecule has 1 aromatic rings. The highest BCUT2D eigenvalue weighted by molar-refractivity contribution is 9.09. The van der Waals surface area contributed by atoms with Crippen molar-refractivity contribution in [2.75, 3.05) is 0 Å². The van der Waals surface area contributed by atoms with Crippen LogP contribution in [0.2, 0.25) is 5.02 Å². The Morgan fingerprint density at radius 1 is 1.33 bits per heavy atom. The molecule has 0 amide bonds. The van der Waals surface area contributed by atoms with E-state index in [-0.39, 0.29) is 4.83 Å². The van der Waals surface area contributed by atoms with Crippen LogP contribution in [0.4, 0.5) is 8.78 Å². The molecule has 0 saturated heterocycles. The minimum Gasteiger partial charge on any atom is -0.205 e. The fourth-order valence-electron chi connectivity index (χ4n) is 0.805. The topological polar surface area (TPSA) is 0 Å². The van der Waals surface area contributed by atoms with Crippen molar-refractivity contribution in [2.45, 2.75) is 11.8 Å². The Bertz CT molecular complexity index is 276. The zero-order valence-electron chi connectivity index (χ0n) is 6.24. The Kier molecular flexibility index (Phi) is 3.07. The summed E-state index contributed by atoms with van der Waals surface area (Å²) in [7, 11) is 0. The molecule has 4 heteroatoms. The predicted molar refractivity (Wildman–Crippen MR) is 48.7 cm³/mol. The monoisotopic (exact) mass is 254 g/mol. The SMILES string of the molecule is CC(Br)c1cc(F)c(Cl)c(F)c1. The third-order valence-corrected chi connectivity index (χ3v) is 2.36. The van der Waals surface area contributed by atoms with Crippen LogP contribution in [0.25, 0.3) is 0 Å². The Labute approximate surface area is 82.7 Å². The first-order valence-electron chi connectivity index (χ1n) is 3.31. The summed E-state index contributed by atoms with van der Waals surface area (Å²) in [5, 5.41) is -0.452. The molecule has 0 radical (unpaired) electrons. The van der Waals surface area contributed by atoms with Gasteiger partial charge in [-0.2, -0.15) is 0 Å². The summed E-state index contributed by atoms with van der Waals surface area (Å²) >= 11 is 8.49. The molecular weight excluding hydrogens is 249 g/mol. The molecule has 0 nitrogen and oxygen atoms in total. The van der Waals surface area contributed by atoms with Crippen LogP contribution in [0.3, 0.4) is 0 Å². The van der Waals surface area contributed by atoms with Gasteiger partial charge in [0.25, 0.3) is 0 Å². The first kappa shape index (κ1) is 9.93. The molecule has 0 heterocycles. The fraction of sp³-hybridized carbons (Fsp3) is 0.250.